The maximum absolute atomic E-state index is 9.41. The third-order valence-electron chi connectivity index (χ3n) is 2.98. The molecular weight excluding hydrogens is 232 g/mol. The Labute approximate surface area is 112 Å². The van der Waals surface area contributed by atoms with Gasteiger partial charge in [0.25, 0.3) is 0 Å². The van der Waals surface area contributed by atoms with Crippen LogP contribution in [0.2, 0.25) is 0 Å². The third kappa shape index (κ3) is 2.43. The predicted octanol–water partition coefficient (Wildman–Crippen LogP) is 3.95. The summed E-state index contributed by atoms with van der Waals surface area (Å²) in [7, 11) is 0. The van der Waals surface area contributed by atoms with Gasteiger partial charge in [0, 0.05) is 11.1 Å². The number of hydrogen-bond donors (Lipinski definition) is 1. The molecular formula is C18H12O. The highest BCUT2D eigenvalue weighted by Crippen LogP contribution is 2.17. The Morgan fingerprint density at radius 2 is 1.53 bits per heavy atom. The van der Waals surface area contributed by atoms with Gasteiger partial charge in [-0.2, -0.15) is 0 Å². The van der Waals surface area contributed by atoms with Crippen molar-refractivity contribution in [3.05, 3.63) is 77.9 Å². The fourth-order valence-electron chi connectivity index (χ4n) is 2.06. The minimum atomic E-state index is 0.240. The first kappa shape index (κ1) is 11.4. The molecule has 1 nitrogen and oxygen atoms in total. The maximum atomic E-state index is 9.41. The molecule has 1 heteroatoms. The van der Waals surface area contributed by atoms with Gasteiger partial charge in [-0.3, -0.25) is 0 Å². The van der Waals surface area contributed by atoms with Crippen molar-refractivity contribution in [1.82, 2.24) is 0 Å². The van der Waals surface area contributed by atoms with E-state index in [-0.39, 0.29) is 5.75 Å². The SMILES string of the molecule is Oc1cccc(C#Cc2cccc3ccccc23)c1. The van der Waals surface area contributed by atoms with Gasteiger partial charge in [-0.25, -0.2) is 0 Å². The van der Waals surface area contributed by atoms with Gasteiger partial charge in [-0.05, 0) is 35.0 Å². The van der Waals surface area contributed by atoms with Gasteiger partial charge in [0.1, 0.15) is 5.75 Å². The van der Waals surface area contributed by atoms with Crippen LogP contribution in [0.25, 0.3) is 10.8 Å². The molecule has 0 bridgehead atoms. The molecule has 0 atom stereocenters. The van der Waals surface area contributed by atoms with E-state index in [1.807, 2.05) is 30.3 Å². The summed E-state index contributed by atoms with van der Waals surface area (Å²) in [5.74, 6) is 6.49. The summed E-state index contributed by atoms with van der Waals surface area (Å²) in [4.78, 5) is 0. The van der Waals surface area contributed by atoms with Gasteiger partial charge in [-0.1, -0.05) is 54.3 Å². The molecule has 0 unspecified atom stereocenters. The van der Waals surface area contributed by atoms with Gasteiger partial charge < -0.3 is 5.11 Å². The second-order valence-electron chi connectivity index (χ2n) is 4.33. The molecule has 0 aromatic heterocycles. The van der Waals surface area contributed by atoms with Crippen LogP contribution < -0.4 is 0 Å². The summed E-state index contributed by atoms with van der Waals surface area (Å²) < 4.78 is 0. The molecule has 0 heterocycles. The molecule has 3 aromatic rings. The topological polar surface area (TPSA) is 20.2 Å². The number of fused-ring (bicyclic) bond motifs is 1. The average molecular weight is 244 g/mol. The van der Waals surface area contributed by atoms with Gasteiger partial charge >= 0.3 is 0 Å². The van der Waals surface area contributed by atoms with Crippen LogP contribution in [0.3, 0.4) is 0 Å². The zero-order chi connectivity index (χ0) is 13.1. The van der Waals surface area contributed by atoms with Crippen molar-refractivity contribution < 1.29 is 5.11 Å². The normalized spacial score (nSPS) is 9.89. The Morgan fingerprint density at radius 3 is 2.42 bits per heavy atom. The van der Waals surface area contributed by atoms with E-state index in [0.717, 1.165) is 16.5 Å². The van der Waals surface area contributed by atoms with Crippen molar-refractivity contribution in [3.8, 4) is 17.6 Å². The lowest BCUT2D eigenvalue weighted by atomic mass is 10.0. The molecule has 0 fully saturated rings. The fraction of sp³-hybridized carbons (Fsp3) is 0. The van der Waals surface area contributed by atoms with Crippen molar-refractivity contribution >= 4 is 10.8 Å². The van der Waals surface area contributed by atoms with Crippen LogP contribution in [0.1, 0.15) is 11.1 Å². The number of rotatable bonds is 0. The Kier molecular flexibility index (Phi) is 2.92. The predicted molar refractivity (Wildman–Crippen MR) is 78.0 cm³/mol. The molecule has 19 heavy (non-hydrogen) atoms. The Hall–Kier alpha value is -2.72. The van der Waals surface area contributed by atoms with Gasteiger partial charge in [0.05, 0.1) is 0 Å². The zero-order valence-electron chi connectivity index (χ0n) is 10.3. The number of phenolic OH excluding ortho intramolecular Hbond substituents is 1. The molecule has 0 amide bonds. The quantitative estimate of drug-likeness (QED) is 0.594. The van der Waals surface area contributed by atoms with Crippen molar-refractivity contribution in [3.63, 3.8) is 0 Å². The fourth-order valence-corrected chi connectivity index (χ4v) is 2.06. The van der Waals surface area contributed by atoms with Crippen LogP contribution in [0.4, 0.5) is 0 Å². The van der Waals surface area contributed by atoms with E-state index in [1.165, 1.54) is 5.39 Å². The summed E-state index contributed by atoms with van der Waals surface area (Å²) in [6, 6.07) is 21.3. The van der Waals surface area contributed by atoms with E-state index in [0.29, 0.717) is 0 Å². The first-order valence-electron chi connectivity index (χ1n) is 6.12. The molecule has 0 aliphatic heterocycles. The third-order valence-corrected chi connectivity index (χ3v) is 2.98. The lowest BCUT2D eigenvalue weighted by molar-refractivity contribution is 0.475. The molecule has 0 spiro atoms. The molecule has 90 valence electrons. The van der Waals surface area contributed by atoms with Crippen molar-refractivity contribution in [2.45, 2.75) is 0 Å². The maximum Gasteiger partial charge on any atom is 0.116 e. The van der Waals surface area contributed by atoms with E-state index in [9.17, 15) is 5.11 Å². The first-order valence-corrected chi connectivity index (χ1v) is 6.12. The Balaban J connectivity index is 2.07. The monoisotopic (exact) mass is 244 g/mol. The molecule has 0 aliphatic rings. The second kappa shape index (κ2) is 4.88. The largest absolute Gasteiger partial charge is 0.508 e. The number of hydrogen-bond acceptors (Lipinski definition) is 1. The summed E-state index contributed by atoms with van der Waals surface area (Å²) in [5, 5.41) is 11.8. The van der Waals surface area contributed by atoms with E-state index < -0.39 is 0 Å². The summed E-state index contributed by atoms with van der Waals surface area (Å²) in [6.45, 7) is 0. The van der Waals surface area contributed by atoms with Gasteiger partial charge in [0.15, 0.2) is 0 Å². The lowest BCUT2D eigenvalue weighted by Gasteiger charge is -1.99. The number of phenols is 1. The summed E-state index contributed by atoms with van der Waals surface area (Å²) >= 11 is 0. The highest BCUT2D eigenvalue weighted by Gasteiger charge is 1.96. The van der Waals surface area contributed by atoms with Gasteiger partial charge in [0.2, 0.25) is 0 Å². The van der Waals surface area contributed by atoms with Crippen LogP contribution in [0.15, 0.2) is 66.7 Å². The molecule has 0 saturated heterocycles. The van der Waals surface area contributed by atoms with Crippen LogP contribution in [-0.2, 0) is 0 Å². The van der Waals surface area contributed by atoms with E-state index in [2.05, 4.69) is 30.0 Å². The van der Waals surface area contributed by atoms with Crippen molar-refractivity contribution in [2.75, 3.05) is 0 Å². The van der Waals surface area contributed by atoms with Crippen LogP contribution in [0, 0.1) is 11.8 Å². The zero-order valence-corrected chi connectivity index (χ0v) is 10.3. The van der Waals surface area contributed by atoms with Crippen molar-refractivity contribution in [1.29, 1.82) is 0 Å². The van der Waals surface area contributed by atoms with E-state index in [1.54, 1.807) is 18.2 Å². The molecule has 0 radical (unpaired) electrons. The standard InChI is InChI=1S/C18H12O/c19-17-9-3-5-14(13-17)11-12-16-8-4-7-15-6-1-2-10-18(15)16/h1-10,13,19H. The summed E-state index contributed by atoms with van der Waals surface area (Å²) in [6.07, 6.45) is 0. The van der Waals surface area contributed by atoms with Crippen LogP contribution in [0.5, 0.6) is 5.75 Å². The molecule has 0 aliphatic carbocycles. The van der Waals surface area contributed by atoms with E-state index in [4.69, 9.17) is 0 Å². The second-order valence-corrected chi connectivity index (χ2v) is 4.33. The smallest absolute Gasteiger partial charge is 0.116 e. The summed E-state index contributed by atoms with van der Waals surface area (Å²) in [5.41, 5.74) is 1.81. The first-order chi connectivity index (χ1) is 9.33. The minimum Gasteiger partial charge on any atom is -0.508 e. The molecule has 1 N–H and O–H groups in total. The number of benzene rings is 3. The van der Waals surface area contributed by atoms with Crippen LogP contribution >= 0.6 is 0 Å². The molecule has 3 rings (SSSR count). The average Bonchev–Trinajstić information content (AvgIpc) is 2.45. The minimum absolute atomic E-state index is 0.240. The highest BCUT2D eigenvalue weighted by molar-refractivity contribution is 5.88. The van der Waals surface area contributed by atoms with Crippen molar-refractivity contribution in [2.24, 2.45) is 0 Å². The Bertz CT molecular complexity index is 786. The lowest BCUT2D eigenvalue weighted by Crippen LogP contribution is -1.79. The number of aromatic hydroxyl groups is 1. The van der Waals surface area contributed by atoms with E-state index >= 15 is 0 Å². The van der Waals surface area contributed by atoms with Crippen LogP contribution in [-0.4, -0.2) is 5.11 Å². The molecule has 3 aromatic carbocycles. The highest BCUT2D eigenvalue weighted by atomic mass is 16.3. The van der Waals surface area contributed by atoms with Gasteiger partial charge in [-0.15, -0.1) is 0 Å². The Morgan fingerprint density at radius 1 is 0.737 bits per heavy atom. The molecule has 0 saturated carbocycles.